The second kappa shape index (κ2) is 13.9. The monoisotopic (exact) mass is 828 g/mol. The van der Waals surface area contributed by atoms with Crippen LogP contribution in [0.2, 0.25) is 0 Å². The third-order valence-electron chi connectivity index (χ3n) is 13.3. The van der Waals surface area contributed by atoms with Gasteiger partial charge in [0.1, 0.15) is 5.58 Å². The van der Waals surface area contributed by atoms with Crippen LogP contribution in [0.15, 0.2) is 223 Å². The van der Waals surface area contributed by atoms with E-state index < -0.39 is 0 Å². The van der Waals surface area contributed by atoms with Crippen LogP contribution in [-0.2, 0) is 0 Å². The van der Waals surface area contributed by atoms with E-state index in [1.807, 2.05) is 12.1 Å². The van der Waals surface area contributed by atoms with Crippen molar-refractivity contribution in [2.45, 2.75) is 0 Å². The molecule has 5 nitrogen and oxygen atoms in total. The number of hydrogen-bond donors (Lipinski definition) is 0. The second-order valence-electron chi connectivity index (χ2n) is 17.0. The summed E-state index contributed by atoms with van der Waals surface area (Å²) in [4.78, 5) is 10.9. The molecule has 0 atom stereocenters. The van der Waals surface area contributed by atoms with Crippen molar-refractivity contribution in [1.82, 2.24) is 19.1 Å². The van der Waals surface area contributed by atoms with E-state index >= 15 is 0 Å². The Morgan fingerprint density at radius 2 is 0.908 bits per heavy atom. The summed E-state index contributed by atoms with van der Waals surface area (Å²) in [6.07, 6.45) is 0. The van der Waals surface area contributed by atoms with Crippen molar-refractivity contribution in [3.05, 3.63) is 218 Å². The topological polar surface area (TPSA) is 48.8 Å². The molecule has 10 aromatic carbocycles. The first-order valence-electron chi connectivity index (χ1n) is 22.1. The van der Waals surface area contributed by atoms with Gasteiger partial charge in [-0.1, -0.05) is 133 Å². The zero-order chi connectivity index (χ0) is 42.6. The molecule has 0 aliphatic heterocycles. The minimum Gasteiger partial charge on any atom is -0.454 e. The van der Waals surface area contributed by atoms with Gasteiger partial charge in [0.2, 0.25) is 0 Å². The lowest BCUT2D eigenvalue weighted by molar-refractivity contribution is 0.666. The molecule has 0 spiro atoms. The van der Waals surface area contributed by atoms with Gasteiger partial charge in [0.05, 0.1) is 39.1 Å². The first-order chi connectivity index (χ1) is 32.2. The van der Waals surface area contributed by atoms with Crippen molar-refractivity contribution in [2.75, 3.05) is 0 Å². The van der Waals surface area contributed by atoms with Gasteiger partial charge in [0.15, 0.2) is 11.4 Å². The van der Waals surface area contributed by atoms with Crippen LogP contribution in [-0.4, -0.2) is 19.1 Å². The summed E-state index contributed by atoms with van der Waals surface area (Å²) in [6, 6.07) is 77.8. The Hall–Kier alpha value is -8.80. The lowest BCUT2D eigenvalue weighted by atomic mass is 10.0. The normalized spacial score (nSPS) is 12.0. The largest absolute Gasteiger partial charge is 0.454 e. The number of nitrogens with zero attached hydrogens (tertiary/aromatic N) is 4. The summed E-state index contributed by atoms with van der Waals surface area (Å²) in [7, 11) is 0. The Bertz CT molecular complexity index is 4140. The summed E-state index contributed by atoms with van der Waals surface area (Å²) in [6.45, 7) is 0. The van der Waals surface area contributed by atoms with Crippen molar-refractivity contribution in [1.29, 1.82) is 0 Å². The van der Waals surface area contributed by atoms with Gasteiger partial charge in [-0.2, -0.15) is 0 Å². The van der Waals surface area contributed by atoms with E-state index in [1.54, 1.807) is 0 Å². The van der Waals surface area contributed by atoms with Crippen molar-refractivity contribution in [3.63, 3.8) is 0 Å². The molecule has 0 unspecified atom stereocenters. The molecule has 302 valence electrons. The van der Waals surface area contributed by atoms with Gasteiger partial charge in [0, 0.05) is 54.7 Å². The summed E-state index contributed by atoms with van der Waals surface area (Å²) in [5.41, 5.74) is 12.7. The van der Waals surface area contributed by atoms with Crippen LogP contribution in [0.5, 0.6) is 0 Å². The fourth-order valence-corrected chi connectivity index (χ4v) is 10.3. The molecule has 0 aliphatic carbocycles. The van der Waals surface area contributed by atoms with Crippen LogP contribution in [0.1, 0.15) is 0 Å². The number of rotatable bonds is 5. The second-order valence-corrected chi connectivity index (χ2v) is 17.0. The smallest absolute Gasteiger partial charge is 0.160 e. The Morgan fingerprint density at radius 3 is 1.63 bits per heavy atom. The van der Waals surface area contributed by atoms with Crippen molar-refractivity contribution in [3.8, 4) is 45.3 Å². The summed E-state index contributed by atoms with van der Waals surface area (Å²) >= 11 is 0. The highest BCUT2D eigenvalue weighted by Gasteiger charge is 2.25. The van der Waals surface area contributed by atoms with Gasteiger partial charge < -0.3 is 13.6 Å². The van der Waals surface area contributed by atoms with E-state index in [-0.39, 0.29) is 0 Å². The van der Waals surface area contributed by atoms with Gasteiger partial charge in [-0.25, -0.2) is 9.97 Å². The van der Waals surface area contributed by atoms with Crippen LogP contribution in [0.4, 0.5) is 0 Å². The molecule has 0 amide bonds. The van der Waals surface area contributed by atoms with Gasteiger partial charge in [0.25, 0.3) is 0 Å². The molecular formula is C60H36N4O. The molecule has 0 N–H and O–H groups in total. The number of benzene rings is 10. The maximum absolute atomic E-state index is 7.03. The van der Waals surface area contributed by atoms with Crippen LogP contribution >= 0.6 is 0 Å². The molecule has 0 bridgehead atoms. The Morgan fingerprint density at radius 1 is 0.338 bits per heavy atom. The van der Waals surface area contributed by atoms with Crippen LogP contribution in [0, 0.1) is 0 Å². The van der Waals surface area contributed by atoms with E-state index in [0.717, 1.165) is 88.8 Å². The quantitative estimate of drug-likeness (QED) is 0.174. The summed E-state index contributed by atoms with van der Waals surface area (Å²) < 4.78 is 11.8. The van der Waals surface area contributed by atoms with Gasteiger partial charge in [-0.15, -0.1) is 0 Å². The number of furan rings is 1. The van der Waals surface area contributed by atoms with Gasteiger partial charge in [-0.05, 0) is 106 Å². The molecule has 0 radical (unpaired) electrons. The Kier molecular flexibility index (Phi) is 7.62. The Labute approximate surface area is 372 Å². The molecule has 4 heterocycles. The van der Waals surface area contributed by atoms with Crippen molar-refractivity contribution in [2.24, 2.45) is 0 Å². The fourth-order valence-electron chi connectivity index (χ4n) is 10.3. The lowest BCUT2D eigenvalue weighted by Crippen LogP contribution is -2.01. The minimum atomic E-state index is 0.648. The standard InChI is InChI=1S/C60H36N4O/c1-3-15-37(16-4-1)51-36-52(62-60(61-51)42-27-30-54-48(33-42)44-23-11-13-25-53(44)63(54)43-21-5-2-6-22-43)47-29-28-46-45-24-12-14-26-57(45)65-59(46)58(47)64-55-34-40-19-9-7-17-38(40)31-49(55)50-32-39-18-8-10-20-41(39)35-56(50)64/h1-36H. The zero-order valence-corrected chi connectivity index (χ0v) is 35.0. The predicted molar refractivity (Wildman–Crippen MR) is 269 cm³/mol. The third-order valence-corrected chi connectivity index (χ3v) is 13.3. The molecule has 0 aliphatic rings. The molecule has 14 rings (SSSR count). The summed E-state index contributed by atoms with van der Waals surface area (Å²) in [5, 5.41) is 11.6. The van der Waals surface area contributed by atoms with Gasteiger partial charge in [-0.3, -0.25) is 0 Å². The maximum atomic E-state index is 7.03. The number of fused-ring (bicyclic) bond motifs is 11. The minimum absolute atomic E-state index is 0.648. The average Bonchev–Trinajstić information content (AvgIpc) is 4.02. The van der Waals surface area contributed by atoms with Crippen LogP contribution in [0.25, 0.3) is 132 Å². The van der Waals surface area contributed by atoms with E-state index in [2.05, 4.69) is 215 Å². The number of hydrogen-bond acceptors (Lipinski definition) is 3. The molecule has 0 saturated heterocycles. The number of aromatic nitrogens is 4. The van der Waals surface area contributed by atoms with Crippen LogP contribution in [0.3, 0.4) is 0 Å². The zero-order valence-electron chi connectivity index (χ0n) is 35.0. The lowest BCUT2D eigenvalue weighted by Gasteiger charge is -2.16. The average molecular weight is 829 g/mol. The van der Waals surface area contributed by atoms with Crippen molar-refractivity contribution < 1.29 is 4.42 Å². The molecular weight excluding hydrogens is 793 g/mol. The highest BCUT2D eigenvalue weighted by Crippen LogP contribution is 2.45. The fraction of sp³-hybridized carbons (Fsp3) is 0. The highest BCUT2D eigenvalue weighted by atomic mass is 16.3. The van der Waals surface area contributed by atoms with E-state index in [0.29, 0.717) is 5.82 Å². The molecule has 5 heteroatoms. The SMILES string of the molecule is c1ccc(-c2cc(-c3ccc4c(oc5ccccc54)c3-n3c4cc5ccccc5cc4c4cc5ccccc5cc43)nc(-c3ccc4c(c3)c3ccccc3n4-c3ccccc3)n2)cc1. The highest BCUT2D eigenvalue weighted by molar-refractivity contribution is 6.19. The van der Waals surface area contributed by atoms with E-state index in [9.17, 15) is 0 Å². The first-order valence-corrected chi connectivity index (χ1v) is 22.1. The van der Waals surface area contributed by atoms with E-state index in [4.69, 9.17) is 14.4 Å². The molecule has 14 aromatic rings. The molecule has 0 saturated carbocycles. The first kappa shape index (κ1) is 35.8. The number of para-hydroxylation sites is 3. The van der Waals surface area contributed by atoms with E-state index in [1.165, 1.54) is 37.7 Å². The molecule has 4 aromatic heterocycles. The van der Waals surface area contributed by atoms with Gasteiger partial charge >= 0.3 is 0 Å². The van der Waals surface area contributed by atoms with Crippen LogP contribution < -0.4 is 0 Å². The maximum Gasteiger partial charge on any atom is 0.160 e. The predicted octanol–water partition coefficient (Wildman–Crippen LogP) is 15.9. The summed E-state index contributed by atoms with van der Waals surface area (Å²) in [5.74, 6) is 0.648. The molecule has 65 heavy (non-hydrogen) atoms. The van der Waals surface area contributed by atoms with Crippen molar-refractivity contribution >= 4 is 87.1 Å². The Balaban J connectivity index is 1.09. The molecule has 0 fully saturated rings. The third kappa shape index (κ3) is 5.46.